The Morgan fingerprint density at radius 3 is 2.52 bits per heavy atom. The lowest BCUT2D eigenvalue weighted by atomic mass is 10.1. The highest BCUT2D eigenvalue weighted by molar-refractivity contribution is 5.56. The number of benzene rings is 2. The average molecular weight is 282 g/mol. The van der Waals surface area contributed by atoms with Gasteiger partial charge in [0.15, 0.2) is 0 Å². The van der Waals surface area contributed by atoms with Crippen molar-refractivity contribution in [3.05, 3.63) is 71.8 Å². The van der Waals surface area contributed by atoms with Crippen LogP contribution in [0.1, 0.15) is 24.0 Å². The molecule has 0 radical (unpaired) electrons. The fourth-order valence-electron chi connectivity index (χ4n) is 2.08. The van der Waals surface area contributed by atoms with Crippen LogP contribution < -0.4 is 4.74 Å². The van der Waals surface area contributed by atoms with Crippen LogP contribution in [0.5, 0.6) is 5.75 Å². The van der Waals surface area contributed by atoms with Crippen LogP contribution in [0.15, 0.2) is 60.7 Å². The van der Waals surface area contributed by atoms with E-state index in [0.717, 1.165) is 30.8 Å². The fraction of sp³-hybridized carbons (Fsp3) is 0.263. The predicted octanol–water partition coefficient (Wildman–Crippen LogP) is 4.71. The first kappa shape index (κ1) is 15.3. The standard InChI is InChI=1S/C19H22O2/c1-20-19-14-8-7-13-18(19)12-6-3-9-15-21-16-17-10-4-2-5-11-17/h2,4-8,10-14H,3,9,15-16H2,1H3/b12-6-. The van der Waals surface area contributed by atoms with E-state index >= 15 is 0 Å². The van der Waals surface area contributed by atoms with Crippen molar-refractivity contribution in [1.29, 1.82) is 0 Å². The van der Waals surface area contributed by atoms with Gasteiger partial charge in [0.2, 0.25) is 0 Å². The number of hydrogen-bond acceptors (Lipinski definition) is 2. The van der Waals surface area contributed by atoms with Gasteiger partial charge in [0.25, 0.3) is 0 Å². The molecule has 0 amide bonds. The zero-order valence-corrected chi connectivity index (χ0v) is 12.5. The van der Waals surface area contributed by atoms with Gasteiger partial charge in [-0.1, -0.05) is 60.7 Å². The Bertz CT molecular complexity index is 547. The van der Waals surface area contributed by atoms with Crippen LogP contribution in [-0.2, 0) is 11.3 Å². The largest absolute Gasteiger partial charge is 0.496 e. The maximum atomic E-state index is 5.66. The topological polar surface area (TPSA) is 18.5 Å². The minimum atomic E-state index is 0.692. The molecule has 0 aliphatic carbocycles. The van der Waals surface area contributed by atoms with Crippen molar-refractivity contribution >= 4 is 6.08 Å². The Labute approximate surface area is 127 Å². The van der Waals surface area contributed by atoms with Crippen molar-refractivity contribution in [2.75, 3.05) is 13.7 Å². The van der Waals surface area contributed by atoms with Gasteiger partial charge >= 0.3 is 0 Å². The van der Waals surface area contributed by atoms with Crippen molar-refractivity contribution in [1.82, 2.24) is 0 Å². The van der Waals surface area contributed by atoms with Gasteiger partial charge in [-0.3, -0.25) is 0 Å². The van der Waals surface area contributed by atoms with E-state index in [-0.39, 0.29) is 0 Å². The normalized spacial score (nSPS) is 10.9. The lowest BCUT2D eigenvalue weighted by Gasteiger charge is -2.04. The van der Waals surface area contributed by atoms with E-state index in [1.54, 1.807) is 7.11 Å². The van der Waals surface area contributed by atoms with Crippen LogP contribution in [0.4, 0.5) is 0 Å². The Balaban J connectivity index is 1.64. The van der Waals surface area contributed by atoms with Crippen LogP contribution in [0.3, 0.4) is 0 Å². The molecule has 2 aromatic rings. The summed E-state index contributed by atoms with van der Waals surface area (Å²) < 4.78 is 11.0. The second-order valence-corrected chi connectivity index (χ2v) is 4.82. The Hall–Kier alpha value is -2.06. The van der Waals surface area contributed by atoms with Crippen LogP contribution in [0.2, 0.25) is 0 Å². The average Bonchev–Trinajstić information content (AvgIpc) is 2.55. The van der Waals surface area contributed by atoms with Crippen molar-refractivity contribution in [3.63, 3.8) is 0 Å². The quantitative estimate of drug-likeness (QED) is 0.653. The van der Waals surface area contributed by atoms with Crippen molar-refractivity contribution in [3.8, 4) is 5.75 Å². The maximum absolute atomic E-state index is 5.66. The second-order valence-electron chi connectivity index (χ2n) is 4.82. The lowest BCUT2D eigenvalue weighted by Crippen LogP contribution is -1.94. The summed E-state index contributed by atoms with van der Waals surface area (Å²) in [5, 5.41) is 0. The third-order valence-corrected chi connectivity index (χ3v) is 3.21. The van der Waals surface area contributed by atoms with Gasteiger partial charge in [-0.05, 0) is 24.5 Å². The Morgan fingerprint density at radius 1 is 0.952 bits per heavy atom. The fourth-order valence-corrected chi connectivity index (χ4v) is 2.08. The van der Waals surface area contributed by atoms with Gasteiger partial charge in [0.1, 0.15) is 5.75 Å². The number of hydrogen-bond donors (Lipinski definition) is 0. The molecule has 0 saturated carbocycles. The molecule has 2 nitrogen and oxygen atoms in total. The molecule has 0 N–H and O–H groups in total. The minimum Gasteiger partial charge on any atom is -0.496 e. The SMILES string of the molecule is COc1ccccc1/C=C\CCCOCc1ccccc1. The highest BCUT2D eigenvalue weighted by atomic mass is 16.5. The van der Waals surface area contributed by atoms with E-state index in [0.29, 0.717) is 6.61 Å². The molecule has 0 aliphatic rings. The van der Waals surface area contributed by atoms with Gasteiger partial charge in [-0.25, -0.2) is 0 Å². The molecular weight excluding hydrogens is 260 g/mol. The van der Waals surface area contributed by atoms with Crippen LogP contribution in [0.25, 0.3) is 6.08 Å². The summed E-state index contributed by atoms with van der Waals surface area (Å²) in [5.41, 5.74) is 2.34. The maximum Gasteiger partial charge on any atom is 0.126 e. The smallest absolute Gasteiger partial charge is 0.126 e. The number of rotatable bonds is 8. The first-order valence-electron chi connectivity index (χ1n) is 7.31. The van der Waals surface area contributed by atoms with Crippen LogP contribution in [0, 0.1) is 0 Å². The summed E-state index contributed by atoms with van der Waals surface area (Å²) in [6.07, 6.45) is 6.31. The van der Waals surface area contributed by atoms with Crippen LogP contribution >= 0.6 is 0 Å². The number of para-hydroxylation sites is 1. The molecule has 0 heterocycles. The molecule has 0 bridgehead atoms. The monoisotopic (exact) mass is 282 g/mol. The third-order valence-electron chi connectivity index (χ3n) is 3.21. The Morgan fingerprint density at radius 2 is 1.71 bits per heavy atom. The van der Waals surface area contributed by atoms with Gasteiger partial charge < -0.3 is 9.47 Å². The van der Waals surface area contributed by atoms with E-state index in [1.165, 1.54) is 5.56 Å². The number of allylic oxidation sites excluding steroid dienone is 1. The summed E-state index contributed by atoms with van der Waals surface area (Å²) in [4.78, 5) is 0. The number of ether oxygens (including phenoxy) is 2. The summed E-state index contributed by atoms with van der Waals surface area (Å²) in [6, 6.07) is 18.3. The molecular formula is C19H22O2. The van der Waals surface area contributed by atoms with E-state index in [2.05, 4.69) is 30.4 Å². The molecule has 2 heteroatoms. The van der Waals surface area contributed by atoms with Gasteiger partial charge in [0.05, 0.1) is 13.7 Å². The molecule has 110 valence electrons. The summed E-state index contributed by atoms with van der Waals surface area (Å²) in [6.45, 7) is 1.47. The number of methoxy groups -OCH3 is 1. The van der Waals surface area contributed by atoms with Crippen LogP contribution in [-0.4, -0.2) is 13.7 Å². The van der Waals surface area contributed by atoms with Gasteiger partial charge in [0, 0.05) is 12.2 Å². The zero-order valence-electron chi connectivity index (χ0n) is 12.5. The van der Waals surface area contributed by atoms with Crippen molar-refractivity contribution in [2.24, 2.45) is 0 Å². The summed E-state index contributed by atoms with van der Waals surface area (Å²) in [5.74, 6) is 0.911. The highest BCUT2D eigenvalue weighted by Gasteiger charge is 1.96. The minimum absolute atomic E-state index is 0.692. The third kappa shape index (κ3) is 5.44. The molecule has 0 saturated heterocycles. The molecule has 2 aromatic carbocycles. The van der Waals surface area contributed by atoms with E-state index < -0.39 is 0 Å². The second kappa shape index (κ2) is 8.98. The molecule has 0 atom stereocenters. The van der Waals surface area contributed by atoms with Gasteiger partial charge in [-0.2, -0.15) is 0 Å². The van der Waals surface area contributed by atoms with Crippen molar-refractivity contribution in [2.45, 2.75) is 19.4 Å². The first-order chi connectivity index (χ1) is 10.4. The predicted molar refractivity (Wildman–Crippen MR) is 87.4 cm³/mol. The lowest BCUT2D eigenvalue weighted by molar-refractivity contribution is 0.119. The molecule has 0 aromatic heterocycles. The van der Waals surface area contributed by atoms with E-state index in [9.17, 15) is 0 Å². The summed E-state index contributed by atoms with van der Waals surface area (Å²) in [7, 11) is 1.70. The molecule has 21 heavy (non-hydrogen) atoms. The molecule has 2 rings (SSSR count). The van der Waals surface area contributed by atoms with E-state index in [1.807, 2.05) is 36.4 Å². The molecule has 0 unspecified atom stereocenters. The first-order valence-corrected chi connectivity index (χ1v) is 7.31. The number of unbranched alkanes of at least 4 members (excludes halogenated alkanes) is 1. The van der Waals surface area contributed by atoms with Gasteiger partial charge in [-0.15, -0.1) is 0 Å². The van der Waals surface area contributed by atoms with Crippen molar-refractivity contribution < 1.29 is 9.47 Å². The zero-order chi connectivity index (χ0) is 14.8. The Kier molecular flexibility index (Phi) is 6.56. The molecule has 0 fully saturated rings. The van der Waals surface area contributed by atoms with E-state index in [4.69, 9.17) is 9.47 Å². The highest BCUT2D eigenvalue weighted by Crippen LogP contribution is 2.18. The molecule has 0 spiro atoms. The molecule has 0 aliphatic heterocycles. The summed E-state index contributed by atoms with van der Waals surface area (Å²) >= 11 is 0.